The van der Waals surface area contributed by atoms with E-state index in [2.05, 4.69) is 18.9 Å². The molecule has 0 heterocycles. The maximum absolute atomic E-state index is 8.63. The van der Waals surface area contributed by atoms with E-state index in [0.717, 1.165) is 19.6 Å². The number of rotatable bonds is 5. The van der Waals surface area contributed by atoms with Crippen LogP contribution in [0.1, 0.15) is 6.92 Å². The van der Waals surface area contributed by atoms with Crippen molar-refractivity contribution >= 4 is 0 Å². The molecule has 0 aromatic rings. The first-order valence-corrected chi connectivity index (χ1v) is 3.68. The zero-order valence-electron chi connectivity index (χ0n) is 7.17. The smallest absolute Gasteiger partial charge is 0.0954 e. The first kappa shape index (κ1) is 9.88. The van der Waals surface area contributed by atoms with Crippen LogP contribution >= 0.6 is 0 Å². The molecule has 0 aliphatic rings. The van der Waals surface area contributed by atoms with Crippen molar-refractivity contribution in [1.29, 1.82) is 0 Å². The second-order valence-corrected chi connectivity index (χ2v) is 2.62. The van der Waals surface area contributed by atoms with Crippen LogP contribution in [0.5, 0.6) is 0 Å². The molecule has 10 heavy (non-hydrogen) atoms. The molecule has 3 nitrogen and oxygen atoms in total. The van der Waals surface area contributed by atoms with Gasteiger partial charge in [0.15, 0.2) is 0 Å². The molecule has 0 bridgehead atoms. The highest BCUT2D eigenvalue weighted by Gasteiger charge is 1.96. The Morgan fingerprint density at radius 2 is 1.60 bits per heavy atom. The van der Waals surface area contributed by atoms with Crippen molar-refractivity contribution in [3.63, 3.8) is 0 Å². The molecule has 0 atom stereocenters. The largest absolute Gasteiger partial charge is 0.381 e. The monoisotopic (exact) mass is 146 g/mol. The van der Waals surface area contributed by atoms with Crippen LogP contribution in [-0.4, -0.2) is 55.4 Å². The van der Waals surface area contributed by atoms with Gasteiger partial charge in [0.05, 0.1) is 6.73 Å². The fourth-order valence-corrected chi connectivity index (χ4v) is 0.570. The minimum Gasteiger partial charge on any atom is -0.381 e. The van der Waals surface area contributed by atoms with Gasteiger partial charge in [-0.05, 0) is 20.6 Å². The van der Waals surface area contributed by atoms with Crippen LogP contribution in [0, 0.1) is 0 Å². The zero-order valence-corrected chi connectivity index (χ0v) is 7.17. The average Bonchev–Trinajstić information content (AvgIpc) is 1.99. The van der Waals surface area contributed by atoms with Gasteiger partial charge in [-0.3, -0.25) is 4.90 Å². The van der Waals surface area contributed by atoms with E-state index in [9.17, 15) is 0 Å². The molecule has 0 saturated carbocycles. The maximum atomic E-state index is 8.63. The molecule has 0 aliphatic carbocycles. The van der Waals surface area contributed by atoms with E-state index < -0.39 is 0 Å². The average molecular weight is 146 g/mol. The van der Waals surface area contributed by atoms with Crippen molar-refractivity contribution in [3.8, 4) is 0 Å². The van der Waals surface area contributed by atoms with Gasteiger partial charge in [-0.1, -0.05) is 6.92 Å². The Morgan fingerprint density at radius 3 is 2.00 bits per heavy atom. The van der Waals surface area contributed by atoms with E-state index in [0.29, 0.717) is 0 Å². The fraction of sp³-hybridized carbons (Fsp3) is 1.00. The fourth-order valence-electron chi connectivity index (χ4n) is 0.570. The van der Waals surface area contributed by atoms with Gasteiger partial charge >= 0.3 is 0 Å². The van der Waals surface area contributed by atoms with Crippen molar-refractivity contribution in [3.05, 3.63) is 0 Å². The molecule has 0 spiro atoms. The molecule has 3 heteroatoms. The Morgan fingerprint density at radius 1 is 1.10 bits per heavy atom. The third kappa shape index (κ3) is 4.73. The van der Waals surface area contributed by atoms with E-state index in [1.54, 1.807) is 0 Å². The maximum Gasteiger partial charge on any atom is 0.0954 e. The van der Waals surface area contributed by atoms with Crippen LogP contribution in [-0.2, 0) is 0 Å². The summed E-state index contributed by atoms with van der Waals surface area (Å²) in [4.78, 5) is 4.10. The summed E-state index contributed by atoms with van der Waals surface area (Å²) in [5.41, 5.74) is 0. The summed E-state index contributed by atoms with van der Waals surface area (Å²) in [5, 5.41) is 8.63. The van der Waals surface area contributed by atoms with Crippen LogP contribution < -0.4 is 0 Å². The SMILES string of the molecule is CCN(C)CCN(C)CO. The second-order valence-electron chi connectivity index (χ2n) is 2.62. The quantitative estimate of drug-likeness (QED) is 0.545. The Labute approximate surface area is 63.2 Å². The highest BCUT2D eigenvalue weighted by atomic mass is 16.3. The van der Waals surface area contributed by atoms with E-state index >= 15 is 0 Å². The standard InChI is InChI=1S/C7H18N2O/c1-4-8(2)5-6-9(3)7-10/h10H,4-7H2,1-3H3. The number of nitrogens with zero attached hydrogens (tertiary/aromatic N) is 2. The normalized spacial score (nSPS) is 11.4. The zero-order chi connectivity index (χ0) is 7.98. The third-order valence-corrected chi connectivity index (χ3v) is 1.64. The van der Waals surface area contributed by atoms with Crippen molar-refractivity contribution in [2.75, 3.05) is 40.5 Å². The summed E-state index contributed by atoms with van der Waals surface area (Å²) >= 11 is 0. The minimum atomic E-state index is 0.150. The summed E-state index contributed by atoms with van der Waals surface area (Å²) < 4.78 is 0. The molecule has 0 rings (SSSR count). The predicted molar refractivity (Wildman–Crippen MR) is 42.9 cm³/mol. The van der Waals surface area contributed by atoms with Crippen molar-refractivity contribution < 1.29 is 5.11 Å². The molecule has 62 valence electrons. The van der Waals surface area contributed by atoms with E-state index in [-0.39, 0.29) is 6.73 Å². The predicted octanol–water partition coefficient (Wildman–Crippen LogP) is -0.180. The van der Waals surface area contributed by atoms with Gasteiger partial charge in [-0.2, -0.15) is 0 Å². The minimum absolute atomic E-state index is 0.150. The molecular weight excluding hydrogens is 128 g/mol. The molecule has 0 aromatic carbocycles. The van der Waals surface area contributed by atoms with E-state index in [1.165, 1.54) is 0 Å². The first-order valence-electron chi connectivity index (χ1n) is 3.68. The van der Waals surface area contributed by atoms with Gasteiger partial charge in [0, 0.05) is 13.1 Å². The van der Waals surface area contributed by atoms with Gasteiger partial charge in [0.2, 0.25) is 0 Å². The molecular formula is C7H18N2O. The van der Waals surface area contributed by atoms with Gasteiger partial charge < -0.3 is 10.0 Å². The van der Waals surface area contributed by atoms with E-state index in [1.807, 2.05) is 11.9 Å². The number of likely N-dealkylation sites (N-methyl/N-ethyl adjacent to an activating group) is 2. The number of hydrogen-bond donors (Lipinski definition) is 1. The van der Waals surface area contributed by atoms with Gasteiger partial charge in [-0.25, -0.2) is 0 Å². The molecule has 0 radical (unpaired) electrons. The molecule has 0 fully saturated rings. The van der Waals surface area contributed by atoms with Crippen LogP contribution in [0.15, 0.2) is 0 Å². The topological polar surface area (TPSA) is 26.7 Å². The third-order valence-electron chi connectivity index (χ3n) is 1.64. The number of aliphatic hydroxyl groups is 1. The lowest BCUT2D eigenvalue weighted by molar-refractivity contribution is 0.122. The summed E-state index contributed by atoms with van der Waals surface area (Å²) in [6.45, 7) is 5.30. The van der Waals surface area contributed by atoms with Gasteiger partial charge in [0.25, 0.3) is 0 Å². The highest BCUT2D eigenvalue weighted by Crippen LogP contribution is 1.83. The molecule has 0 saturated heterocycles. The molecule has 0 unspecified atom stereocenters. The van der Waals surface area contributed by atoms with E-state index in [4.69, 9.17) is 5.11 Å². The molecule has 1 N–H and O–H groups in total. The lowest BCUT2D eigenvalue weighted by Crippen LogP contribution is -2.31. The van der Waals surface area contributed by atoms with Crippen LogP contribution in [0.3, 0.4) is 0 Å². The molecule has 0 aliphatic heterocycles. The van der Waals surface area contributed by atoms with Crippen molar-refractivity contribution in [1.82, 2.24) is 9.80 Å². The molecule has 0 aromatic heterocycles. The number of hydrogen-bond acceptors (Lipinski definition) is 3. The van der Waals surface area contributed by atoms with Gasteiger partial charge in [0.1, 0.15) is 0 Å². The second kappa shape index (κ2) is 5.65. The molecule has 0 amide bonds. The first-order chi connectivity index (χ1) is 4.70. The van der Waals surface area contributed by atoms with Crippen LogP contribution in [0.25, 0.3) is 0 Å². The summed E-state index contributed by atoms with van der Waals surface area (Å²) in [6, 6.07) is 0. The lowest BCUT2D eigenvalue weighted by Gasteiger charge is -2.18. The van der Waals surface area contributed by atoms with Crippen LogP contribution in [0.4, 0.5) is 0 Å². The highest BCUT2D eigenvalue weighted by molar-refractivity contribution is 4.50. The van der Waals surface area contributed by atoms with Crippen molar-refractivity contribution in [2.45, 2.75) is 6.92 Å². The Bertz CT molecular complexity index is 68.0. The number of aliphatic hydroxyl groups excluding tert-OH is 1. The summed E-state index contributed by atoms with van der Waals surface area (Å²) in [5.74, 6) is 0. The van der Waals surface area contributed by atoms with Crippen molar-refractivity contribution in [2.24, 2.45) is 0 Å². The van der Waals surface area contributed by atoms with Crippen LogP contribution in [0.2, 0.25) is 0 Å². The lowest BCUT2D eigenvalue weighted by atomic mass is 10.5. The Balaban J connectivity index is 3.17. The Kier molecular flexibility index (Phi) is 5.58. The summed E-state index contributed by atoms with van der Waals surface area (Å²) in [6.07, 6.45) is 0. The summed E-state index contributed by atoms with van der Waals surface area (Å²) in [7, 11) is 3.98. The van der Waals surface area contributed by atoms with Gasteiger partial charge in [-0.15, -0.1) is 0 Å². The Hall–Kier alpha value is -0.120.